The number of fused-ring (bicyclic) bond motifs is 2. The molecule has 34 heavy (non-hydrogen) atoms. The van der Waals surface area contributed by atoms with Crippen LogP contribution in [0.5, 0.6) is 0 Å². The summed E-state index contributed by atoms with van der Waals surface area (Å²) in [5.41, 5.74) is 1.73. The number of nitrogens with zero attached hydrogens (tertiary/aromatic N) is 4. The van der Waals surface area contributed by atoms with Crippen molar-refractivity contribution < 1.29 is 8.42 Å². The SMILES string of the molecule is C/C=C(\C)Nc1ccnc(Nc2ccc(S(=O)(=O)N(C)C3CC4CCC(C3)N4C3CC3)cc2)n1. The lowest BCUT2D eigenvalue weighted by Gasteiger charge is -2.42. The molecule has 182 valence electrons. The number of sulfonamides is 1. The van der Waals surface area contributed by atoms with Crippen LogP contribution < -0.4 is 10.6 Å². The zero-order valence-electron chi connectivity index (χ0n) is 20.1. The summed E-state index contributed by atoms with van der Waals surface area (Å²) in [6.45, 7) is 3.92. The van der Waals surface area contributed by atoms with E-state index in [1.165, 1.54) is 25.7 Å². The van der Waals surface area contributed by atoms with Crippen LogP contribution in [0.2, 0.25) is 0 Å². The molecule has 9 heteroatoms. The molecule has 0 amide bonds. The molecule has 1 aromatic carbocycles. The Hall–Kier alpha value is -2.49. The van der Waals surface area contributed by atoms with Gasteiger partial charge in [0.05, 0.1) is 4.90 Å². The van der Waals surface area contributed by atoms with E-state index >= 15 is 0 Å². The molecule has 2 bridgehead atoms. The van der Waals surface area contributed by atoms with E-state index in [0.717, 1.165) is 30.3 Å². The van der Waals surface area contributed by atoms with E-state index in [2.05, 4.69) is 25.5 Å². The van der Waals surface area contributed by atoms with E-state index < -0.39 is 10.0 Å². The van der Waals surface area contributed by atoms with Gasteiger partial charge >= 0.3 is 0 Å². The molecule has 3 aliphatic rings. The van der Waals surface area contributed by atoms with Crippen molar-refractivity contribution >= 4 is 27.5 Å². The van der Waals surface area contributed by atoms with Crippen LogP contribution in [0.25, 0.3) is 0 Å². The lowest BCUT2D eigenvalue weighted by Crippen LogP contribution is -2.51. The number of nitrogens with one attached hydrogen (secondary N) is 2. The van der Waals surface area contributed by atoms with E-state index in [9.17, 15) is 8.42 Å². The summed E-state index contributed by atoms with van der Waals surface area (Å²) in [5.74, 6) is 1.13. The van der Waals surface area contributed by atoms with Crippen molar-refractivity contribution in [1.29, 1.82) is 0 Å². The van der Waals surface area contributed by atoms with Crippen molar-refractivity contribution in [2.45, 2.75) is 81.4 Å². The standard InChI is InChI=1S/C25H34N6O2S/c1-4-17(2)27-24-13-14-26-25(29-24)28-18-5-11-23(12-6-18)34(32,33)30(3)22-15-20-9-10-21(16-22)31(20)19-7-8-19/h4-6,11-14,19-22H,7-10,15-16H2,1-3H3,(H2,26,27,28,29)/b17-4+. The van der Waals surface area contributed by atoms with Gasteiger partial charge in [-0.2, -0.15) is 9.29 Å². The molecule has 3 heterocycles. The predicted molar refractivity (Wildman–Crippen MR) is 134 cm³/mol. The van der Waals surface area contributed by atoms with Gasteiger partial charge in [-0.3, -0.25) is 4.90 Å². The van der Waals surface area contributed by atoms with Gasteiger partial charge in [-0.1, -0.05) is 6.08 Å². The molecule has 2 atom stereocenters. The summed E-state index contributed by atoms with van der Waals surface area (Å²) in [6, 6.07) is 10.6. The summed E-state index contributed by atoms with van der Waals surface area (Å²) >= 11 is 0. The molecule has 2 aromatic rings. The second-order valence-corrected chi connectivity index (χ2v) is 11.7. The summed E-state index contributed by atoms with van der Waals surface area (Å²) in [5, 5.41) is 6.35. The van der Waals surface area contributed by atoms with Gasteiger partial charge in [0, 0.05) is 48.8 Å². The Kier molecular flexibility index (Phi) is 6.35. The molecule has 1 saturated carbocycles. The molecule has 2 aliphatic heterocycles. The number of benzene rings is 1. The highest BCUT2D eigenvalue weighted by atomic mass is 32.2. The van der Waals surface area contributed by atoms with Crippen molar-refractivity contribution in [1.82, 2.24) is 19.2 Å². The number of allylic oxidation sites excluding steroid dienone is 2. The normalized spacial score (nSPS) is 25.5. The summed E-state index contributed by atoms with van der Waals surface area (Å²) in [6.07, 6.45) is 10.6. The first-order chi connectivity index (χ1) is 16.3. The van der Waals surface area contributed by atoms with Gasteiger partial charge in [-0.25, -0.2) is 13.4 Å². The number of hydrogen-bond acceptors (Lipinski definition) is 7. The first kappa shape index (κ1) is 23.3. The number of aromatic nitrogens is 2. The molecule has 2 saturated heterocycles. The summed E-state index contributed by atoms with van der Waals surface area (Å²) in [7, 11) is -1.81. The van der Waals surface area contributed by atoms with Crippen LogP contribution >= 0.6 is 0 Å². The van der Waals surface area contributed by atoms with Crippen LogP contribution in [0.1, 0.15) is 52.4 Å². The number of piperidine rings is 1. The largest absolute Gasteiger partial charge is 0.344 e. The Balaban J connectivity index is 1.25. The third-order valence-corrected chi connectivity index (χ3v) is 9.37. The fourth-order valence-corrected chi connectivity index (χ4v) is 6.79. The monoisotopic (exact) mass is 482 g/mol. The maximum atomic E-state index is 13.4. The third-order valence-electron chi connectivity index (χ3n) is 7.45. The van der Waals surface area contributed by atoms with Crippen LogP contribution in [-0.4, -0.2) is 58.8 Å². The number of anilines is 3. The fraction of sp³-hybridized carbons (Fsp3) is 0.520. The predicted octanol–water partition coefficient (Wildman–Crippen LogP) is 4.33. The van der Waals surface area contributed by atoms with Crippen LogP contribution in [0.15, 0.2) is 53.2 Å². The molecular weight excluding hydrogens is 448 g/mol. The van der Waals surface area contributed by atoms with Gasteiger partial charge in [-0.05, 0) is 82.7 Å². The topological polar surface area (TPSA) is 90.5 Å². The van der Waals surface area contributed by atoms with Crippen molar-refractivity contribution in [2.75, 3.05) is 17.7 Å². The molecule has 2 N–H and O–H groups in total. The molecule has 2 unspecified atom stereocenters. The molecule has 8 nitrogen and oxygen atoms in total. The molecule has 3 fully saturated rings. The van der Waals surface area contributed by atoms with Gasteiger partial charge in [0.15, 0.2) is 0 Å². The maximum Gasteiger partial charge on any atom is 0.243 e. The fourth-order valence-electron chi connectivity index (χ4n) is 5.41. The molecule has 1 aliphatic carbocycles. The zero-order chi connectivity index (χ0) is 23.9. The second-order valence-electron chi connectivity index (χ2n) is 9.72. The van der Waals surface area contributed by atoms with Gasteiger partial charge < -0.3 is 10.6 Å². The van der Waals surface area contributed by atoms with Crippen molar-refractivity contribution in [3.63, 3.8) is 0 Å². The van der Waals surface area contributed by atoms with Gasteiger partial charge in [0.25, 0.3) is 0 Å². The molecule has 0 radical (unpaired) electrons. The van der Waals surface area contributed by atoms with Gasteiger partial charge in [-0.15, -0.1) is 0 Å². The van der Waals surface area contributed by atoms with E-state index in [-0.39, 0.29) is 6.04 Å². The van der Waals surface area contributed by atoms with Crippen LogP contribution in [0.3, 0.4) is 0 Å². The molecule has 1 aromatic heterocycles. The highest BCUT2D eigenvalue weighted by Crippen LogP contribution is 2.44. The minimum absolute atomic E-state index is 0.0690. The van der Waals surface area contributed by atoms with Crippen molar-refractivity contribution in [3.8, 4) is 0 Å². The quantitative estimate of drug-likeness (QED) is 0.579. The Labute approximate surface area is 202 Å². The highest BCUT2D eigenvalue weighted by molar-refractivity contribution is 7.89. The minimum atomic E-state index is -3.55. The second kappa shape index (κ2) is 9.28. The van der Waals surface area contributed by atoms with Crippen LogP contribution in [0, 0.1) is 0 Å². The Morgan fingerprint density at radius 3 is 2.32 bits per heavy atom. The average molecular weight is 483 g/mol. The third kappa shape index (κ3) is 4.69. The van der Waals surface area contributed by atoms with E-state index in [0.29, 0.717) is 28.7 Å². The van der Waals surface area contributed by atoms with E-state index in [1.54, 1.807) is 47.9 Å². The Bertz CT molecular complexity index is 1150. The summed E-state index contributed by atoms with van der Waals surface area (Å²) < 4.78 is 28.4. The lowest BCUT2D eigenvalue weighted by molar-refractivity contribution is 0.0902. The molecule has 0 spiro atoms. The van der Waals surface area contributed by atoms with E-state index in [4.69, 9.17) is 0 Å². The Morgan fingerprint density at radius 2 is 1.71 bits per heavy atom. The lowest BCUT2D eigenvalue weighted by atomic mass is 9.97. The first-order valence-electron chi connectivity index (χ1n) is 12.2. The number of hydrogen-bond donors (Lipinski definition) is 2. The molecule has 5 rings (SSSR count). The van der Waals surface area contributed by atoms with Gasteiger partial charge in [0.2, 0.25) is 16.0 Å². The zero-order valence-corrected chi connectivity index (χ0v) is 20.9. The molecular formula is C25H34N6O2S. The number of rotatable bonds is 8. The van der Waals surface area contributed by atoms with Gasteiger partial charge in [0.1, 0.15) is 5.82 Å². The van der Waals surface area contributed by atoms with Crippen LogP contribution in [-0.2, 0) is 10.0 Å². The van der Waals surface area contributed by atoms with Crippen molar-refractivity contribution in [3.05, 3.63) is 48.3 Å². The van der Waals surface area contributed by atoms with Crippen molar-refractivity contribution in [2.24, 2.45) is 0 Å². The highest BCUT2D eigenvalue weighted by Gasteiger charge is 2.48. The average Bonchev–Trinajstić information content (AvgIpc) is 3.64. The van der Waals surface area contributed by atoms with Crippen LogP contribution in [0.4, 0.5) is 17.5 Å². The van der Waals surface area contributed by atoms with E-state index in [1.807, 2.05) is 19.9 Å². The minimum Gasteiger partial charge on any atom is -0.344 e. The first-order valence-corrected chi connectivity index (χ1v) is 13.6. The maximum absolute atomic E-state index is 13.4. The summed E-state index contributed by atoms with van der Waals surface area (Å²) in [4.78, 5) is 11.7. The smallest absolute Gasteiger partial charge is 0.243 e. The Morgan fingerprint density at radius 1 is 1.06 bits per heavy atom.